The highest BCUT2D eigenvalue weighted by atomic mass is 35.5. The average molecular weight is 426 g/mol. The van der Waals surface area contributed by atoms with Gasteiger partial charge in [0.25, 0.3) is 5.91 Å². The zero-order chi connectivity index (χ0) is 19.6. The van der Waals surface area contributed by atoms with E-state index in [1.54, 1.807) is 49.4 Å². The first-order chi connectivity index (χ1) is 12.9. The number of hydrogen-bond acceptors (Lipinski definition) is 3. The molecule has 0 aliphatic carbocycles. The molecule has 1 heterocycles. The van der Waals surface area contributed by atoms with Gasteiger partial charge in [0, 0.05) is 17.0 Å². The third-order valence-corrected chi connectivity index (χ3v) is 4.78. The van der Waals surface area contributed by atoms with E-state index in [0.29, 0.717) is 38.3 Å². The average Bonchev–Trinajstić information content (AvgIpc) is 3.05. The first kappa shape index (κ1) is 19.5. The number of carbonyl (C=O) groups excluding carboxylic acids is 2. The second kappa shape index (κ2) is 8.21. The predicted molar refractivity (Wildman–Crippen MR) is 108 cm³/mol. The Kier molecular flexibility index (Phi) is 5.95. The molecule has 0 radical (unpaired) electrons. The molecule has 0 bridgehead atoms. The fourth-order valence-corrected chi connectivity index (χ4v) is 3.24. The molecule has 0 saturated carbocycles. The number of fused-ring (bicyclic) bond motifs is 1. The Morgan fingerprint density at radius 3 is 2.44 bits per heavy atom. The molecule has 0 aliphatic rings. The number of halogens is 3. The summed E-state index contributed by atoms with van der Waals surface area (Å²) in [5.41, 5.74) is 0.860. The number of rotatable bonds is 5. The molecule has 1 aromatic heterocycles. The number of hydrogen-bond donors (Lipinski definition) is 1. The van der Waals surface area contributed by atoms with Crippen molar-refractivity contribution in [1.29, 1.82) is 0 Å². The molecular formula is C19H15Cl3N2O3. The molecule has 0 spiro atoms. The van der Waals surface area contributed by atoms with Crippen LogP contribution in [-0.4, -0.2) is 29.8 Å². The molecular weight excluding hydrogens is 411 g/mol. The zero-order valence-corrected chi connectivity index (χ0v) is 16.5. The Labute approximate surface area is 170 Å². The van der Waals surface area contributed by atoms with Crippen molar-refractivity contribution >= 4 is 63.3 Å². The monoisotopic (exact) mass is 424 g/mol. The minimum Gasteiger partial charge on any atom is -0.451 e. The number of para-hydroxylation sites is 1. The molecule has 0 fully saturated rings. The Morgan fingerprint density at radius 2 is 1.78 bits per heavy atom. The van der Waals surface area contributed by atoms with Gasteiger partial charge >= 0.3 is 0 Å². The van der Waals surface area contributed by atoms with Crippen LogP contribution in [0.15, 0.2) is 46.9 Å². The third kappa shape index (κ3) is 4.38. The molecule has 27 heavy (non-hydrogen) atoms. The van der Waals surface area contributed by atoms with E-state index in [1.165, 1.54) is 4.90 Å². The van der Waals surface area contributed by atoms with Gasteiger partial charge in [0.1, 0.15) is 12.1 Å². The van der Waals surface area contributed by atoms with Crippen LogP contribution in [0.4, 0.5) is 5.69 Å². The molecule has 5 nitrogen and oxygen atoms in total. The first-order valence-electron chi connectivity index (χ1n) is 8.11. The van der Waals surface area contributed by atoms with Gasteiger partial charge in [-0.3, -0.25) is 9.59 Å². The maximum absolute atomic E-state index is 12.7. The van der Waals surface area contributed by atoms with Crippen LogP contribution >= 0.6 is 34.8 Å². The number of amides is 2. The van der Waals surface area contributed by atoms with Crippen LogP contribution in [0.2, 0.25) is 15.1 Å². The lowest BCUT2D eigenvalue weighted by molar-refractivity contribution is -0.116. The summed E-state index contributed by atoms with van der Waals surface area (Å²) in [6.45, 7) is 1.92. The lowest BCUT2D eigenvalue weighted by Crippen LogP contribution is -2.37. The van der Waals surface area contributed by atoms with E-state index in [1.807, 2.05) is 0 Å². The first-order valence-corrected chi connectivity index (χ1v) is 9.24. The van der Waals surface area contributed by atoms with Crippen molar-refractivity contribution in [3.63, 3.8) is 0 Å². The molecule has 3 aromatic rings. The summed E-state index contributed by atoms with van der Waals surface area (Å²) in [4.78, 5) is 26.4. The van der Waals surface area contributed by atoms with Crippen LogP contribution in [0.1, 0.15) is 17.5 Å². The quantitative estimate of drug-likeness (QED) is 0.587. The summed E-state index contributed by atoms with van der Waals surface area (Å²) in [5, 5.41) is 4.54. The van der Waals surface area contributed by atoms with Crippen molar-refractivity contribution < 1.29 is 14.0 Å². The van der Waals surface area contributed by atoms with Gasteiger partial charge in [-0.2, -0.15) is 0 Å². The highest BCUT2D eigenvalue weighted by Crippen LogP contribution is 2.29. The minimum absolute atomic E-state index is 0.137. The van der Waals surface area contributed by atoms with E-state index < -0.39 is 11.8 Å². The Morgan fingerprint density at radius 1 is 1.07 bits per heavy atom. The molecule has 0 aliphatic heterocycles. The van der Waals surface area contributed by atoms with Crippen molar-refractivity contribution in [2.45, 2.75) is 6.92 Å². The normalized spacial score (nSPS) is 10.8. The largest absolute Gasteiger partial charge is 0.451 e. The molecule has 0 atom stereocenters. The van der Waals surface area contributed by atoms with Crippen LogP contribution in [0.5, 0.6) is 0 Å². The Balaban J connectivity index is 1.75. The fourth-order valence-electron chi connectivity index (χ4n) is 2.57. The predicted octanol–water partition coefficient (Wildman–Crippen LogP) is 5.49. The van der Waals surface area contributed by atoms with E-state index >= 15 is 0 Å². The SMILES string of the molecule is CCN(CC(=O)Nc1c(Cl)cccc1Cl)C(=O)c1cc2cc(Cl)ccc2o1. The van der Waals surface area contributed by atoms with E-state index in [2.05, 4.69) is 5.32 Å². The second-order valence-electron chi connectivity index (χ2n) is 5.76. The third-order valence-electron chi connectivity index (χ3n) is 3.92. The maximum Gasteiger partial charge on any atom is 0.290 e. The van der Waals surface area contributed by atoms with Crippen molar-refractivity contribution in [1.82, 2.24) is 4.90 Å². The van der Waals surface area contributed by atoms with Crippen LogP contribution < -0.4 is 5.32 Å². The van der Waals surface area contributed by atoms with Gasteiger partial charge in [-0.05, 0) is 43.3 Å². The van der Waals surface area contributed by atoms with Crippen LogP contribution in [0.25, 0.3) is 11.0 Å². The van der Waals surface area contributed by atoms with Crippen molar-refractivity contribution in [3.05, 3.63) is 63.3 Å². The molecule has 140 valence electrons. The number of nitrogens with one attached hydrogen (secondary N) is 1. The number of furan rings is 1. The molecule has 1 N–H and O–H groups in total. The summed E-state index contributed by atoms with van der Waals surface area (Å²) < 4.78 is 5.58. The summed E-state index contributed by atoms with van der Waals surface area (Å²) in [6.07, 6.45) is 0. The number of anilines is 1. The van der Waals surface area contributed by atoms with Crippen molar-refractivity contribution in [3.8, 4) is 0 Å². The van der Waals surface area contributed by atoms with Gasteiger partial charge in [-0.1, -0.05) is 40.9 Å². The lowest BCUT2D eigenvalue weighted by Gasteiger charge is -2.19. The van der Waals surface area contributed by atoms with Crippen molar-refractivity contribution in [2.24, 2.45) is 0 Å². The summed E-state index contributed by atoms with van der Waals surface area (Å²) >= 11 is 18.1. The maximum atomic E-state index is 12.7. The molecule has 3 rings (SSSR count). The molecule has 0 saturated heterocycles. The van der Waals surface area contributed by atoms with Crippen LogP contribution in [-0.2, 0) is 4.79 Å². The molecule has 8 heteroatoms. The Hall–Kier alpha value is -2.21. The number of nitrogens with zero attached hydrogens (tertiary/aromatic N) is 1. The zero-order valence-electron chi connectivity index (χ0n) is 14.3. The number of benzene rings is 2. The lowest BCUT2D eigenvalue weighted by atomic mass is 10.2. The summed E-state index contributed by atoms with van der Waals surface area (Å²) in [6, 6.07) is 11.6. The van der Waals surface area contributed by atoms with E-state index in [-0.39, 0.29) is 12.3 Å². The van der Waals surface area contributed by atoms with Gasteiger partial charge in [-0.15, -0.1) is 0 Å². The molecule has 0 unspecified atom stereocenters. The highest BCUT2D eigenvalue weighted by Gasteiger charge is 2.22. The second-order valence-corrected chi connectivity index (χ2v) is 7.01. The van der Waals surface area contributed by atoms with Gasteiger partial charge in [0.15, 0.2) is 5.76 Å². The van der Waals surface area contributed by atoms with Gasteiger partial charge in [-0.25, -0.2) is 0 Å². The summed E-state index contributed by atoms with van der Waals surface area (Å²) in [5.74, 6) is -0.678. The standard InChI is InChI=1S/C19H15Cl3N2O3/c1-2-24(10-17(25)23-18-13(21)4-3-5-14(18)22)19(26)16-9-11-8-12(20)6-7-15(11)27-16/h3-9H,2,10H2,1H3,(H,23,25). The van der Waals surface area contributed by atoms with E-state index in [0.717, 1.165) is 0 Å². The smallest absolute Gasteiger partial charge is 0.290 e. The topological polar surface area (TPSA) is 62.6 Å². The van der Waals surface area contributed by atoms with Gasteiger partial charge in [0.05, 0.1) is 15.7 Å². The van der Waals surface area contributed by atoms with Crippen LogP contribution in [0.3, 0.4) is 0 Å². The van der Waals surface area contributed by atoms with E-state index in [4.69, 9.17) is 39.2 Å². The fraction of sp³-hybridized carbons (Fsp3) is 0.158. The van der Waals surface area contributed by atoms with Crippen LogP contribution in [0, 0.1) is 0 Å². The minimum atomic E-state index is -0.417. The van der Waals surface area contributed by atoms with Gasteiger partial charge < -0.3 is 14.6 Å². The molecule has 2 aromatic carbocycles. The number of likely N-dealkylation sites (N-methyl/N-ethyl adjacent to an activating group) is 1. The number of carbonyl (C=O) groups is 2. The van der Waals surface area contributed by atoms with E-state index in [9.17, 15) is 9.59 Å². The van der Waals surface area contributed by atoms with Gasteiger partial charge in [0.2, 0.25) is 5.91 Å². The summed E-state index contributed by atoms with van der Waals surface area (Å²) in [7, 11) is 0. The molecule has 2 amide bonds. The Bertz CT molecular complexity index is 996. The van der Waals surface area contributed by atoms with Crippen molar-refractivity contribution in [2.75, 3.05) is 18.4 Å². The highest BCUT2D eigenvalue weighted by molar-refractivity contribution is 6.39.